The van der Waals surface area contributed by atoms with Crippen LogP contribution in [-0.4, -0.2) is 77.4 Å². The summed E-state index contributed by atoms with van der Waals surface area (Å²) in [5.41, 5.74) is 2.09. The lowest BCUT2D eigenvalue weighted by Gasteiger charge is -2.40. The van der Waals surface area contributed by atoms with E-state index in [2.05, 4.69) is 15.5 Å². The highest BCUT2D eigenvalue weighted by atomic mass is 32.2. The van der Waals surface area contributed by atoms with Gasteiger partial charge in [0.25, 0.3) is 5.91 Å². The number of amides is 4. The molecule has 0 spiro atoms. The van der Waals surface area contributed by atoms with Gasteiger partial charge in [-0.05, 0) is 104 Å². The molecule has 15 nitrogen and oxygen atoms in total. The number of piperidine rings is 2. The summed E-state index contributed by atoms with van der Waals surface area (Å²) in [7, 11) is -2.63. The summed E-state index contributed by atoms with van der Waals surface area (Å²) in [6.45, 7) is 2.06. The predicted octanol–water partition coefficient (Wildman–Crippen LogP) is 2.34. The van der Waals surface area contributed by atoms with Gasteiger partial charge in [0.05, 0.1) is 11.0 Å². The van der Waals surface area contributed by atoms with Crippen LogP contribution in [-0.2, 0) is 36.4 Å². The molecule has 17 heteroatoms. The Morgan fingerprint density at radius 3 is 2.43 bits per heavy atom. The molecule has 4 heterocycles. The molecule has 8 rings (SSSR count). The average Bonchev–Trinajstić information content (AvgIpc) is 3.51. The normalized spacial score (nSPS) is 23.6. The second-order valence-corrected chi connectivity index (χ2v) is 16.2. The number of imide groups is 1. The monoisotopic (exact) mass is 747 g/mol. The number of carbonyl (C=O) groups excluding carboxylic acids is 4. The molecule has 4 fully saturated rings. The van der Waals surface area contributed by atoms with E-state index in [-0.39, 0.29) is 47.0 Å². The number of anilines is 2. The van der Waals surface area contributed by atoms with Crippen molar-refractivity contribution in [2.75, 3.05) is 35.8 Å². The highest BCUT2D eigenvalue weighted by Gasteiger charge is 2.39. The summed E-state index contributed by atoms with van der Waals surface area (Å²) < 4.78 is 45.2. The number of hydrogen-bond donors (Lipinski definition) is 4. The minimum absolute atomic E-state index is 0.0212. The molecule has 3 aliphatic heterocycles. The molecule has 4 N–H and O–H groups in total. The number of aromatic hydroxyl groups is 1. The Hall–Kier alpha value is -5.29. The number of fused-ring (bicyclic) bond motifs is 2. The van der Waals surface area contributed by atoms with E-state index in [4.69, 9.17) is 0 Å². The SMILES string of the molecule is Cn1c(=O)n(C2CCC(=O)NC2=O)c2ccc(C3CCN(CC4CC(C(=O)Nc5ccc6c(F)c(N7CC(=O)NS7(=O)=O)c(O)cc6c5)C4)CC3)cc21. The average molecular weight is 748 g/mol. The van der Waals surface area contributed by atoms with Crippen LogP contribution in [0.3, 0.4) is 0 Å². The van der Waals surface area contributed by atoms with Crippen LogP contribution in [0.2, 0.25) is 0 Å². The first kappa shape index (κ1) is 34.8. The smallest absolute Gasteiger partial charge is 0.329 e. The van der Waals surface area contributed by atoms with E-state index in [9.17, 15) is 37.5 Å². The number of imidazole rings is 1. The molecule has 3 saturated heterocycles. The molecule has 1 atom stereocenters. The number of aryl methyl sites for hydroxylation is 1. The Labute approximate surface area is 302 Å². The van der Waals surface area contributed by atoms with Gasteiger partial charge in [0.15, 0.2) is 5.82 Å². The second-order valence-electron chi connectivity index (χ2n) is 14.6. The van der Waals surface area contributed by atoms with Gasteiger partial charge in [-0.2, -0.15) is 8.42 Å². The lowest BCUT2D eigenvalue weighted by atomic mass is 9.73. The first-order valence-corrected chi connectivity index (χ1v) is 19.1. The third kappa shape index (κ3) is 6.20. The minimum atomic E-state index is -4.33. The number of nitrogens with one attached hydrogen (secondary N) is 3. The first-order chi connectivity index (χ1) is 25.3. The summed E-state index contributed by atoms with van der Waals surface area (Å²) in [6.07, 6.45) is 3.86. The van der Waals surface area contributed by atoms with Gasteiger partial charge in [0, 0.05) is 37.0 Å². The van der Waals surface area contributed by atoms with Crippen molar-refractivity contribution in [3.8, 4) is 5.75 Å². The van der Waals surface area contributed by atoms with E-state index in [1.54, 1.807) is 16.3 Å². The number of phenolic OH excluding ortho intramolecular Hbond substituents is 1. The second kappa shape index (κ2) is 13.0. The number of hydrogen-bond acceptors (Lipinski definition) is 9. The van der Waals surface area contributed by atoms with Gasteiger partial charge in [-0.3, -0.25) is 33.6 Å². The Morgan fingerprint density at radius 2 is 1.74 bits per heavy atom. The summed E-state index contributed by atoms with van der Waals surface area (Å²) in [5.74, 6) is -2.89. The zero-order chi connectivity index (χ0) is 37.3. The van der Waals surface area contributed by atoms with E-state index < -0.39 is 51.9 Å². The molecular formula is C36H38FN7O8S. The van der Waals surface area contributed by atoms with E-state index in [0.717, 1.165) is 56.4 Å². The maximum Gasteiger partial charge on any atom is 0.329 e. The van der Waals surface area contributed by atoms with E-state index in [0.29, 0.717) is 27.3 Å². The van der Waals surface area contributed by atoms with Crippen LogP contribution in [0, 0.1) is 17.7 Å². The summed E-state index contributed by atoms with van der Waals surface area (Å²) in [6, 6.07) is 10.9. The van der Waals surface area contributed by atoms with Crippen LogP contribution >= 0.6 is 0 Å². The third-order valence-electron chi connectivity index (χ3n) is 11.2. The molecule has 0 radical (unpaired) electrons. The van der Waals surface area contributed by atoms with Gasteiger partial charge >= 0.3 is 15.9 Å². The number of benzene rings is 3. The van der Waals surface area contributed by atoms with Crippen molar-refractivity contribution in [1.29, 1.82) is 0 Å². The Morgan fingerprint density at radius 1 is 0.981 bits per heavy atom. The van der Waals surface area contributed by atoms with Crippen molar-refractivity contribution in [2.24, 2.45) is 18.9 Å². The fourth-order valence-electron chi connectivity index (χ4n) is 8.32. The van der Waals surface area contributed by atoms with Crippen LogP contribution in [0.1, 0.15) is 56.0 Å². The minimum Gasteiger partial charge on any atom is -0.506 e. The number of phenols is 1. The molecule has 1 unspecified atom stereocenters. The van der Waals surface area contributed by atoms with Crippen molar-refractivity contribution >= 4 is 67.0 Å². The van der Waals surface area contributed by atoms with Gasteiger partial charge < -0.3 is 15.3 Å². The molecule has 4 amide bonds. The zero-order valence-corrected chi connectivity index (χ0v) is 29.6. The zero-order valence-electron chi connectivity index (χ0n) is 28.8. The van der Waals surface area contributed by atoms with Crippen molar-refractivity contribution in [1.82, 2.24) is 24.1 Å². The highest BCUT2D eigenvalue weighted by molar-refractivity contribution is 7.92. The van der Waals surface area contributed by atoms with Crippen molar-refractivity contribution in [3.05, 3.63) is 64.3 Å². The van der Waals surface area contributed by atoms with Crippen molar-refractivity contribution in [2.45, 2.75) is 50.5 Å². The molecule has 278 valence electrons. The highest BCUT2D eigenvalue weighted by Crippen LogP contribution is 2.40. The van der Waals surface area contributed by atoms with Crippen LogP contribution in [0.5, 0.6) is 5.75 Å². The van der Waals surface area contributed by atoms with Crippen LogP contribution < -0.4 is 25.4 Å². The summed E-state index contributed by atoms with van der Waals surface area (Å²) in [5, 5.41) is 16.0. The molecule has 1 aliphatic carbocycles. The molecule has 4 aliphatic rings. The molecule has 1 aromatic heterocycles. The number of aromatic nitrogens is 2. The van der Waals surface area contributed by atoms with Crippen LogP contribution in [0.15, 0.2) is 47.3 Å². The number of nitrogens with zero attached hydrogens (tertiary/aromatic N) is 4. The molecular weight excluding hydrogens is 710 g/mol. The lowest BCUT2D eigenvalue weighted by Crippen LogP contribution is -2.44. The summed E-state index contributed by atoms with van der Waals surface area (Å²) >= 11 is 0. The lowest BCUT2D eigenvalue weighted by molar-refractivity contribution is -0.135. The summed E-state index contributed by atoms with van der Waals surface area (Å²) in [4.78, 5) is 64.5. The topological polar surface area (TPSA) is 192 Å². The quantitative estimate of drug-likeness (QED) is 0.206. The maximum atomic E-state index is 15.4. The molecule has 3 aromatic carbocycles. The molecule has 0 bridgehead atoms. The van der Waals surface area contributed by atoms with Gasteiger partial charge in [0.2, 0.25) is 17.7 Å². The van der Waals surface area contributed by atoms with Gasteiger partial charge in [-0.25, -0.2) is 18.2 Å². The van der Waals surface area contributed by atoms with Crippen LogP contribution in [0.4, 0.5) is 15.8 Å². The Bertz CT molecular complexity index is 2400. The Balaban J connectivity index is 0.845. The predicted molar refractivity (Wildman–Crippen MR) is 192 cm³/mol. The van der Waals surface area contributed by atoms with E-state index in [1.807, 2.05) is 18.2 Å². The maximum absolute atomic E-state index is 15.4. The number of carbonyl (C=O) groups is 4. The van der Waals surface area contributed by atoms with Crippen LogP contribution in [0.25, 0.3) is 21.8 Å². The standard InChI is InChI=1S/C36H38FN7O8S/c1-41-28-15-21(2-5-26(28)44(36(41)50)27-6-7-30(46)39-35(27)49)20-8-10-42(11-9-20)17-19-12-23(13-19)34(48)38-24-3-4-25-22(14-24)16-29(45)33(32(25)37)43-18-31(47)40-53(43,51)52/h2-5,14-16,19-20,23,27,45H,6-13,17-18H2,1H3,(H,38,48)(H,40,47)(H,39,46,49). The fraction of sp³-hybridized carbons (Fsp3) is 0.417. The van der Waals surface area contributed by atoms with Gasteiger partial charge in [-0.1, -0.05) is 6.07 Å². The van der Waals surface area contributed by atoms with Gasteiger partial charge in [0.1, 0.15) is 24.0 Å². The first-order valence-electron chi connectivity index (χ1n) is 17.6. The molecule has 4 aromatic rings. The van der Waals surface area contributed by atoms with Crippen molar-refractivity contribution in [3.63, 3.8) is 0 Å². The number of likely N-dealkylation sites (tertiary alicyclic amines) is 1. The molecule has 1 saturated carbocycles. The number of halogens is 1. The third-order valence-corrected chi connectivity index (χ3v) is 12.6. The number of rotatable bonds is 7. The molecule has 53 heavy (non-hydrogen) atoms. The van der Waals surface area contributed by atoms with E-state index >= 15 is 4.39 Å². The van der Waals surface area contributed by atoms with Gasteiger partial charge in [-0.15, -0.1) is 0 Å². The fourth-order valence-corrected chi connectivity index (χ4v) is 9.48. The van der Waals surface area contributed by atoms with Crippen molar-refractivity contribution < 1.29 is 37.1 Å². The van der Waals surface area contributed by atoms with E-state index in [1.165, 1.54) is 28.8 Å². The Kier molecular flexibility index (Phi) is 8.52. The largest absolute Gasteiger partial charge is 0.506 e.